The van der Waals surface area contributed by atoms with Gasteiger partial charge >= 0.3 is 5.97 Å². The van der Waals surface area contributed by atoms with Gasteiger partial charge in [0.2, 0.25) is 0 Å². The summed E-state index contributed by atoms with van der Waals surface area (Å²) in [7, 11) is 0. The second-order valence-corrected chi connectivity index (χ2v) is 7.34. The Morgan fingerprint density at radius 3 is 2.28 bits per heavy atom. The fraction of sp³-hybridized carbons (Fsp3) is 0.591. The van der Waals surface area contributed by atoms with Crippen molar-refractivity contribution in [2.75, 3.05) is 0 Å². The van der Waals surface area contributed by atoms with Crippen molar-refractivity contribution in [1.29, 1.82) is 0 Å². The Bertz CT molecular complexity index is 517. The molecule has 0 aromatic carbocycles. The molecule has 142 valence electrons. The Balaban J connectivity index is 4.77. The third kappa shape index (κ3) is 13.4. The van der Waals surface area contributed by atoms with Crippen LogP contribution in [0, 0.1) is 0 Å². The predicted octanol–water partition coefficient (Wildman–Crippen LogP) is 5.66. The van der Waals surface area contributed by atoms with Crippen molar-refractivity contribution in [3.05, 3.63) is 47.6 Å². The molecule has 2 atom stereocenters. The highest BCUT2D eigenvalue weighted by atomic mass is 16.5. The molecular weight excluding hydrogens is 312 g/mol. The molecule has 0 unspecified atom stereocenters. The minimum Gasteiger partial charge on any atom is -0.458 e. The Kier molecular flexibility index (Phi) is 11.1. The van der Waals surface area contributed by atoms with Gasteiger partial charge in [0.15, 0.2) is 0 Å². The van der Waals surface area contributed by atoms with Crippen LogP contribution < -0.4 is 0 Å². The van der Waals surface area contributed by atoms with Crippen LogP contribution >= 0.6 is 0 Å². The molecule has 0 amide bonds. The molecule has 0 aliphatic rings. The molecule has 0 fully saturated rings. The SMILES string of the molecule is C=C[C@@](C)(O)CC/C=C(\C)C[C@@H](/C=C(\C)CCC=C(C)C)OC(C)=O. The van der Waals surface area contributed by atoms with E-state index < -0.39 is 5.60 Å². The monoisotopic (exact) mass is 348 g/mol. The second-order valence-electron chi connectivity index (χ2n) is 7.34. The topological polar surface area (TPSA) is 46.5 Å². The Morgan fingerprint density at radius 1 is 1.12 bits per heavy atom. The summed E-state index contributed by atoms with van der Waals surface area (Å²) in [6.45, 7) is 15.1. The minimum atomic E-state index is -0.840. The zero-order valence-electron chi connectivity index (χ0n) is 16.9. The van der Waals surface area contributed by atoms with Gasteiger partial charge in [-0.1, -0.05) is 34.9 Å². The number of esters is 1. The summed E-state index contributed by atoms with van der Waals surface area (Å²) in [4.78, 5) is 11.4. The maximum absolute atomic E-state index is 11.4. The summed E-state index contributed by atoms with van der Waals surface area (Å²) in [6.07, 6.45) is 11.7. The molecule has 0 saturated carbocycles. The van der Waals surface area contributed by atoms with Crippen LogP contribution in [0.5, 0.6) is 0 Å². The van der Waals surface area contributed by atoms with Crippen LogP contribution in [0.4, 0.5) is 0 Å². The van der Waals surface area contributed by atoms with Crippen molar-refractivity contribution in [2.24, 2.45) is 0 Å². The summed E-state index contributed by atoms with van der Waals surface area (Å²) < 4.78 is 5.45. The molecule has 0 aromatic heterocycles. The molecule has 3 nitrogen and oxygen atoms in total. The van der Waals surface area contributed by atoms with Gasteiger partial charge < -0.3 is 9.84 Å². The minimum absolute atomic E-state index is 0.236. The van der Waals surface area contributed by atoms with Gasteiger partial charge in [0, 0.05) is 13.3 Å². The molecule has 25 heavy (non-hydrogen) atoms. The molecular formula is C22H36O3. The first-order chi connectivity index (χ1) is 11.6. The van der Waals surface area contributed by atoms with Gasteiger partial charge in [-0.15, -0.1) is 6.58 Å². The third-order valence-electron chi connectivity index (χ3n) is 3.99. The predicted molar refractivity (Wildman–Crippen MR) is 106 cm³/mol. The number of allylic oxidation sites excluding steroid dienone is 4. The molecule has 3 heteroatoms. The molecule has 0 spiro atoms. The van der Waals surface area contributed by atoms with Gasteiger partial charge in [0.05, 0.1) is 5.60 Å². The maximum Gasteiger partial charge on any atom is 0.303 e. The first-order valence-electron chi connectivity index (χ1n) is 9.05. The van der Waals surface area contributed by atoms with Crippen LogP contribution in [0.1, 0.15) is 73.6 Å². The number of aliphatic hydroxyl groups is 1. The highest BCUT2D eigenvalue weighted by Gasteiger charge is 2.14. The van der Waals surface area contributed by atoms with E-state index in [9.17, 15) is 9.90 Å². The fourth-order valence-electron chi connectivity index (χ4n) is 2.45. The van der Waals surface area contributed by atoms with Crippen LogP contribution in [0.3, 0.4) is 0 Å². The van der Waals surface area contributed by atoms with E-state index in [1.54, 1.807) is 13.0 Å². The van der Waals surface area contributed by atoms with Gasteiger partial charge in [0.25, 0.3) is 0 Å². The first kappa shape index (κ1) is 23.4. The molecule has 0 aliphatic carbocycles. The summed E-state index contributed by atoms with van der Waals surface area (Å²) >= 11 is 0. The number of carbonyl (C=O) groups excluding carboxylic acids is 1. The third-order valence-corrected chi connectivity index (χ3v) is 3.99. The molecule has 0 radical (unpaired) electrons. The average molecular weight is 349 g/mol. The van der Waals surface area contributed by atoms with Gasteiger partial charge in [0.1, 0.15) is 6.10 Å². The Labute approximate surface area is 154 Å². The number of carbonyl (C=O) groups is 1. The number of ether oxygens (including phenoxy) is 1. The van der Waals surface area contributed by atoms with Crippen molar-refractivity contribution in [1.82, 2.24) is 0 Å². The number of rotatable bonds is 11. The zero-order chi connectivity index (χ0) is 19.5. The molecule has 0 aromatic rings. The van der Waals surface area contributed by atoms with Gasteiger partial charge in [-0.2, -0.15) is 0 Å². The quantitative estimate of drug-likeness (QED) is 0.387. The lowest BCUT2D eigenvalue weighted by Crippen LogP contribution is -2.19. The summed E-state index contributed by atoms with van der Waals surface area (Å²) in [6, 6.07) is 0. The van der Waals surface area contributed by atoms with Crippen LogP contribution in [-0.2, 0) is 9.53 Å². The van der Waals surface area contributed by atoms with Gasteiger partial charge in [-0.25, -0.2) is 0 Å². The maximum atomic E-state index is 11.4. The van der Waals surface area contributed by atoms with E-state index in [2.05, 4.69) is 45.6 Å². The smallest absolute Gasteiger partial charge is 0.303 e. The molecule has 0 rings (SSSR count). The number of hydrogen-bond donors (Lipinski definition) is 1. The molecule has 1 N–H and O–H groups in total. The van der Waals surface area contributed by atoms with Crippen LogP contribution in [0.15, 0.2) is 47.6 Å². The van der Waals surface area contributed by atoms with Crippen molar-refractivity contribution in [3.8, 4) is 0 Å². The lowest BCUT2D eigenvalue weighted by atomic mass is 9.98. The van der Waals surface area contributed by atoms with Crippen LogP contribution in [0.25, 0.3) is 0 Å². The summed E-state index contributed by atoms with van der Waals surface area (Å²) in [5.74, 6) is -0.263. The fourth-order valence-corrected chi connectivity index (χ4v) is 2.45. The molecule has 0 heterocycles. The van der Waals surface area contributed by atoms with Gasteiger partial charge in [-0.3, -0.25) is 4.79 Å². The van der Waals surface area contributed by atoms with E-state index >= 15 is 0 Å². The van der Waals surface area contributed by atoms with E-state index in [4.69, 9.17) is 4.74 Å². The highest BCUT2D eigenvalue weighted by molar-refractivity contribution is 5.66. The van der Waals surface area contributed by atoms with Crippen LogP contribution in [0.2, 0.25) is 0 Å². The molecule has 0 bridgehead atoms. The molecule has 0 saturated heterocycles. The van der Waals surface area contributed by atoms with Crippen LogP contribution in [-0.4, -0.2) is 22.8 Å². The second kappa shape index (κ2) is 11.9. The Hall–Kier alpha value is -1.61. The highest BCUT2D eigenvalue weighted by Crippen LogP contribution is 2.18. The van der Waals surface area contributed by atoms with E-state index in [-0.39, 0.29) is 12.1 Å². The van der Waals surface area contributed by atoms with E-state index in [1.165, 1.54) is 18.1 Å². The molecule has 0 aliphatic heterocycles. The van der Waals surface area contributed by atoms with E-state index in [1.807, 2.05) is 6.92 Å². The summed E-state index contributed by atoms with van der Waals surface area (Å²) in [5.41, 5.74) is 2.86. The number of hydrogen-bond acceptors (Lipinski definition) is 3. The lowest BCUT2D eigenvalue weighted by Gasteiger charge is -2.18. The lowest BCUT2D eigenvalue weighted by molar-refractivity contribution is -0.144. The standard InChI is InChI=1S/C22H36O3/c1-8-22(7,24)14-10-13-19(5)16-21(25-20(6)23)15-18(4)12-9-11-17(2)3/h8,11,13,15,21,24H,1,9-10,12,14,16H2,2-7H3/b18-15+,19-13+/t21-,22-/m1/s1. The van der Waals surface area contributed by atoms with Crippen molar-refractivity contribution in [2.45, 2.75) is 85.4 Å². The summed E-state index contributed by atoms with van der Waals surface area (Å²) in [5, 5.41) is 9.95. The largest absolute Gasteiger partial charge is 0.458 e. The zero-order valence-corrected chi connectivity index (χ0v) is 16.9. The van der Waals surface area contributed by atoms with E-state index in [0.29, 0.717) is 12.8 Å². The normalized spacial score (nSPS) is 16.0. The average Bonchev–Trinajstić information content (AvgIpc) is 2.45. The Morgan fingerprint density at radius 2 is 1.76 bits per heavy atom. The van der Waals surface area contributed by atoms with Crippen molar-refractivity contribution in [3.63, 3.8) is 0 Å². The van der Waals surface area contributed by atoms with Gasteiger partial charge in [-0.05, 0) is 66.4 Å². The van der Waals surface area contributed by atoms with Crippen molar-refractivity contribution < 1.29 is 14.6 Å². The first-order valence-corrected chi connectivity index (χ1v) is 9.05. The van der Waals surface area contributed by atoms with Crippen molar-refractivity contribution >= 4 is 5.97 Å². The van der Waals surface area contributed by atoms with E-state index in [0.717, 1.165) is 24.8 Å².